The van der Waals surface area contributed by atoms with Crippen LogP contribution in [0.3, 0.4) is 0 Å². The van der Waals surface area contributed by atoms with Gasteiger partial charge in [-0.25, -0.2) is 22.2 Å². The lowest BCUT2D eigenvalue weighted by Crippen LogP contribution is -2.64. The van der Waals surface area contributed by atoms with E-state index in [-0.39, 0.29) is 29.2 Å². The monoisotopic (exact) mass is 436 g/mol. The molecule has 7 nitrogen and oxygen atoms in total. The Kier molecular flexibility index (Phi) is 5.40. The van der Waals surface area contributed by atoms with Crippen LogP contribution in [0, 0.1) is 17.0 Å². The Morgan fingerprint density at radius 1 is 1.27 bits per heavy atom. The van der Waals surface area contributed by atoms with Gasteiger partial charge < -0.3 is 10.6 Å². The molecular weight excluding hydrogens is 414 g/mol. The summed E-state index contributed by atoms with van der Waals surface area (Å²) in [7, 11) is -3.76. The van der Waals surface area contributed by atoms with Crippen LogP contribution in [0.4, 0.5) is 14.5 Å². The standard InChI is InChI=1S/C20H22F2N4O3S/c1-4-20(3)18(23)26-19(2,11-30(20,28)29)14-9-13(6-7-15(14)22)25-17(27)16-8-5-12(21)10-24-16/h5-10H,4,11H2,1-3H3,(H2,23,26)(H,25,27)/t19-,20+/m0/s1. The van der Waals surface area contributed by atoms with Crippen molar-refractivity contribution in [3.63, 3.8) is 0 Å². The molecule has 1 amide bonds. The zero-order valence-electron chi connectivity index (χ0n) is 16.7. The summed E-state index contributed by atoms with van der Waals surface area (Å²) in [5.74, 6) is -2.52. The first kappa shape index (κ1) is 21.8. The Hall–Kier alpha value is -2.88. The highest BCUT2D eigenvalue weighted by Gasteiger charge is 2.52. The molecule has 0 aliphatic carbocycles. The Balaban J connectivity index is 1.94. The number of hydrogen-bond acceptors (Lipinski definition) is 5. The van der Waals surface area contributed by atoms with Crippen LogP contribution in [-0.4, -0.2) is 35.6 Å². The van der Waals surface area contributed by atoms with Crippen LogP contribution >= 0.6 is 0 Å². The van der Waals surface area contributed by atoms with Crippen LogP contribution in [0.1, 0.15) is 43.2 Å². The molecule has 1 aliphatic rings. The third-order valence-corrected chi connectivity index (χ3v) is 8.37. The lowest BCUT2D eigenvalue weighted by atomic mass is 9.91. The number of nitrogens with one attached hydrogen (secondary N) is 3. The zero-order valence-corrected chi connectivity index (χ0v) is 17.5. The summed E-state index contributed by atoms with van der Waals surface area (Å²) in [5, 5.41) is 13.7. The number of sulfone groups is 1. The van der Waals surface area contributed by atoms with Crippen molar-refractivity contribution in [2.24, 2.45) is 0 Å². The van der Waals surface area contributed by atoms with Gasteiger partial charge >= 0.3 is 0 Å². The van der Waals surface area contributed by atoms with E-state index in [4.69, 9.17) is 5.41 Å². The molecule has 1 aromatic heterocycles. The second-order valence-corrected chi connectivity index (χ2v) is 10.1. The van der Waals surface area contributed by atoms with E-state index >= 15 is 0 Å². The molecule has 10 heteroatoms. The summed E-state index contributed by atoms with van der Waals surface area (Å²) in [4.78, 5) is 16.0. The van der Waals surface area contributed by atoms with E-state index in [0.29, 0.717) is 0 Å². The van der Waals surface area contributed by atoms with Gasteiger partial charge in [-0.3, -0.25) is 10.2 Å². The maximum atomic E-state index is 14.7. The van der Waals surface area contributed by atoms with Gasteiger partial charge in [-0.1, -0.05) is 6.92 Å². The molecule has 0 saturated carbocycles. The van der Waals surface area contributed by atoms with Crippen LogP contribution in [-0.2, 0) is 15.4 Å². The fourth-order valence-electron chi connectivity index (χ4n) is 3.41. The first-order chi connectivity index (χ1) is 13.9. The first-order valence-corrected chi connectivity index (χ1v) is 10.9. The summed E-state index contributed by atoms with van der Waals surface area (Å²) in [6.45, 7) is 4.65. The maximum Gasteiger partial charge on any atom is 0.274 e. The number of rotatable bonds is 4. The average Bonchev–Trinajstić information content (AvgIpc) is 2.67. The van der Waals surface area contributed by atoms with E-state index in [0.717, 1.165) is 18.3 Å². The number of carbonyl (C=O) groups excluding carboxylic acids is 1. The van der Waals surface area contributed by atoms with Crippen molar-refractivity contribution in [2.45, 2.75) is 37.5 Å². The smallest absolute Gasteiger partial charge is 0.274 e. The molecule has 0 radical (unpaired) electrons. The van der Waals surface area contributed by atoms with Crippen molar-refractivity contribution in [1.29, 1.82) is 5.41 Å². The topological polar surface area (TPSA) is 112 Å². The molecule has 1 aromatic carbocycles. The highest BCUT2D eigenvalue weighted by Crippen LogP contribution is 2.37. The minimum Gasteiger partial charge on any atom is -0.362 e. The van der Waals surface area contributed by atoms with Crippen molar-refractivity contribution in [3.8, 4) is 0 Å². The second-order valence-electron chi connectivity index (χ2n) is 7.69. The Morgan fingerprint density at radius 3 is 2.53 bits per heavy atom. The van der Waals surface area contributed by atoms with Crippen molar-refractivity contribution >= 4 is 27.3 Å². The summed E-state index contributed by atoms with van der Waals surface area (Å²) in [6.07, 6.45) is 1.11. The lowest BCUT2D eigenvalue weighted by molar-refractivity contribution is 0.102. The van der Waals surface area contributed by atoms with Gasteiger partial charge in [0.05, 0.1) is 17.5 Å². The Labute approximate surface area is 173 Å². The summed E-state index contributed by atoms with van der Waals surface area (Å²) < 4.78 is 52.1. The van der Waals surface area contributed by atoms with Crippen LogP contribution in [0.25, 0.3) is 0 Å². The number of benzene rings is 1. The number of aromatic nitrogens is 1. The third kappa shape index (κ3) is 3.67. The molecular formula is C20H22F2N4O3S. The van der Waals surface area contributed by atoms with Gasteiger partial charge in [0.15, 0.2) is 9.84 Å². The molecule has 1 aliphatic heterocycles. The van der Waals surface area contributed by atoms with Crippen molar-refractivity contribution in [3.05, 3.63) is 59.4 Å². The molecule has 1 fully saturated rings. The van der Waals surface area contributed by atoms with Gasteiger partial charge in [0.1, 0.15) is 27.9 Å². The van der Waals surface area contributed by atoms with E-state index in [1.807, 2.05) is 0 Å². The van der Waals surface area contributed by atoms with E-state index in [1.165, 1.54) is 32.0 Å². The normalized spacial score (nSPS) is 25.4. The molecule has 3 N–H and O–H groups in total. The fourth-order valence-corrected chi connectivity index (χ4v) is 5.52. The third-order valence-electron chi connectivity index (χ3n) is 5.55. The largest absolute Gasteiger partial charge is 0.362 e. The van der Waals surface area contributed by atoms with E-state index in [9.17, 15) is 22.0 Å². The highest BCUT2D eigenvalue weighted by atomic mass is 32.2. The van der Waals surface area contributed by atoms with Gasteiger partial charge in [-0.2, -0.15) is 0 Å². The number of amides is 1. The Morgan fingerprint density at radius 2 is 1.97 bits per heavy atom. The predicted octanol–water partition coefficient (Wildman–Crippen LogP) is 2.99. The molecule has 3 rings (SSSR count). The molecule has 2 heterocycles. The van der Waals surface area contributed by atoms with Crippen LogP contribution in [0.2, 0.25) is 0 Å². The van der Waals surface area contributed by atoms with Crippen LogP contribution < -0.4 is 10.6 Å². The van der Waals surface area contributed by atoms with Gasteiger partial charge in [-0.05, 0) is 50.6 Å². The van der Waals surface area contributed by atoms with E-state index < -0.39 is 43.4 Å². The zero-order chi connectivity index (χ0) is 22.3. The number of halogens is 2. The van der Waals surface area contributed by atoms with Gasteiger partial charge in [0.25, 0.3) is 5.91 Å². The number of anilines is 1. The van der Waals surface area contributed by atoms with Gasteiger partial charge in [0.2, 0.25) is 0 Å². The van der Waals surface area contributed by atoms with Crippen molar-refractivity contribution in [1.82, 2.24) is 10.3 Å². The van der Waals surface area contributed by atoms with E-state index in [1.54, 1.807) is 6.92 Å². The fraction of sp³-hybridized carbons (Fsp3) is 0.350. The maximum absolute atomic E-state index is 14.7. The SMILES string of the molecule is CC[C@]1(C)C(=N)N[C@](C)(c2cc(NC(=O)c3ccc(F)cn3)ccc2F)CS1(=O)=O. The minimum atomic E-state index is -3.76. The molecule has 0 bridgehead atoms. The molecule has 30 heavy (non-hydrogen) atoms. The Bertz CT molecular complexity index is 1120. The quantitative estimate of drug-likeness (QED) is 0.682. The average molecular weight is 436 g/mol. The molecule has 2 atom stereocenters. The summed E-state index contributed by atoms with van der Waals surface area (Å²) in [5.41, 5.74) is -1.23. The molecule has 160 valence electrons. The first-order valence-electron chi connectivity index (χ1n) is 9.24. The number of nitrogens with zero attached hydrogens (tertiary/aromatic N) is 1. The van der Waals surface area contributed by atoms with Crippen LogP contribution in [0.15, 0.2) is 36.5 Å². The van der Waals surface area contributed by atoms with Crippen LogP contribution in [0.5, 0.6) is 0 Å². The van der Waals surface area contributed by atoms with E-state index in [2.05, 4.69) is 15.6 Å². The summed E-state index contributed by atoms with van der Waals surface area (Å²) >= 11 is 0. The minimum absolute atomic E-state index is 0.00107. The predicted molar refractivity (Wildman–Crippen MR) is 109 cm³/mol. The molecule has 0 spiro atoms. The molecule has 2 aromatic rings. The molecule has 1 saturated heterocycles. The lowest BCUT2D eigenvalue weighted by Gasteiger charge is -2.44. The molecule has 0 unspecified atom stereocenters. The number of pyridine rings is 1. The van der Waals surface area contributed by atoms with Gasteiger partial charge in [0, 0.05) is 11.3 Å². The van der Waals surface area contributed by atoms with Crippen molar-refractivity contribution < 1.29 is 22.0 Å². The van der Waals surface area contributed by atoms with Crippen molar-refractivity contribution in [2.75, 3.05) is 11.1 Å². The highest BCUT2D eigenvalue weighted by molar-refractivity contribution is 7.93. The van der Waals surface area contributed by atoms with Gasteiger partial charge in [-0.15, -0.1) is 0 Å². The number of carbonyl (C=O) groups is 1. The summed E-state index contributed by atoms with van der Waals surface area (Å²) in [6, 6.07) is 6.05. The number of amidine groups is 1. The second kappa shape index (κ2) is 7.42. The number of hydrogen-bond donors (Lipinski definition) is 3.